The molecule has 2 N–H and O–H groups in total. The van der Waals surface area contributed by atoms with Crippen molar-refractivity contribution in [3.63, 3.8) is 0 Å². The van der Waals surface area contributed by atoms with E-state index in [1.54, 1.807) is 0 Å². The number of nitrogens with zero attached hydrogens (tertiary/aromatic N) is 2. The van der Waals surface area contributed by atoms with Gasteiger partial charge in [-0.25, -0.2) is 9.98 Å². The maximum absolute atomic E-state index is 12.2. The third-order valence-corrected chi connectivity index (χ3v) is 8.74. The summed E-state index contributed by atoms with van der Waals surface area (Å²) in [6, 6.07) is 37.5. The minimum atomic E-state index is -1.02. The summed E-state index contributed by atoms with van der Waals surface area (Å²) in [6.07, 6.45) is 0.999. The zero-order chi connectivity index (χ0) is 29.6. The summed E-state index contributed by atoms with van der Waals surface area (Å²) in [5, 5.41) is 27.8. The molecule has 0 fully saturated rings. The van der Waals surface area contributed by atoms with Crippen molar-refractivity contribution in [2.45, 2.75) is 18.2 Å². The van der Waals surface area contributed by atoms with Crippen molar-refractivity contribution < 1.29 is 19.7 Å². The van der Waals surface area contributed by atoms with Crippen LogP contribution in [0.4, 0.5) is 0 Å². The van der Waals surface area contributed by atoms with E-state index in [-0.39, 0.29) is 17.8 Å². The van der Waals surface area contributed by atoms with Crippen LogP contribution in [0.2, 0.25) is 0 Å². The first-order valence-corrected chi connectivity index (χ1v) is 14.9. The van der Waals surface area contributed by atoms with Crippen molar-refractivity contribution in [2.24, 2.45) is 15.9 Å². The number of aliphatic imine (C=N–C) groups is 2. The summed E-state index contributed by atoms with van der Waals surface area (Å²) < 4.78 is 12.3. The number of hydrogen-bond acceptors (Lipinski definition) is 6. The second-order valence-electron chi connectivity index (χ2n) is 11.4. The molecule has 0 saturated carbocycles. The molecule has 44 heavy (non-hydrogen) atoms. The second kappa shape index (κ2) is 10.8. The SMILES string of the molecule is Oc1c(C2=N[C@@H](c3ccccc3)CO2)cc2ccccc2c1C1=c2ccccc2=CC(C2=N[C@@H](c3ccccc3)CO2)C1O. The van der Waals surface area contributed by atoms with Crippen molar-refractivity contribution in [3.8, 4) is 5.75 Å². The number of hydrogen-bond donors (Lipinski definition) is 2. The van der Waals surface area contributed by atoms with Crippen LogP contribution in [-0.2, 0) is 9.47 Å². The van der Waals surface area contributed by atoms with Gasteiger partial charge in [-0.05, 0) is 38.4 Å². The predicted octanol–water partition coefficient (Wildman–Crippen LogP) is 5.20. The minimum absolute atomic E-state index is 0.0251. The molecule has 0 aromatic heterocycles. The first-order chi connectivity index (χ1) is 21.7. The van der Waals surface area contributed by atoms with Crippen LogP contribution in [-0.4, -0.2) is 41.3 Å². The number of benzene rings is 5. The molecule has 0 amide bonds. The average Bonchev–Trinajstić information content (AvgIpc) is 3.77. The average molecular weight is 579 g/mol. The first-order valence-electron chi connectivity index (χ1n) is 14.9. The Morgan fingerprint density at radius 2 is 1.32 bits per heavy atom. The topological polar surface area (TPSA) is 83.6 Å². The highest BCUT2D eigenvalue weighted by molar-refractivity contribution is 6.08. The zero-order valence-corrected chi connectivity index (χ0v) is 23.9. The van der Waals surface area contributed by atoms with Gasteiger partial charge in [0.25, 0.3) is 0 Å². The summed E-state index contributed by atoms with van der Waals surface area (Å²) in [4.78, 5) is 9.80. The van der Waals surface area contributed by atoms with E-state index in [4.69, 9.17) is 19.5 Å². The van der Waals surface area contributed by atoms with E-state index in [2.05, 4.69) is 0 Å². The number of phenols is 1. The molecule has 5 aromatic carbocycles. The van der Waals surface area contributed by atoms with Crippen LogP contribution < -0.4 is 10.4 Å². The minimum Gasteiger partial charge on any atom is -0.506 e. The Bertz CT molecular complexity index is 2070. The van der Waals surface area contributed by atoms with E-state index >= 15 is 0 Å². The molecule has 5 aromatic rings. The lowest BCUT2D eigenvalue weighted by atomic mass is 9.81. The molecule has 2 unspecified atom stereocenters. The number of rotatable bonds is 5. The van der Waals surface area contributed by atoms with Crippen LogP contribution in [0.1, 0.15) is 34.3 Å². The van der Waals surface area contributed by atoms with Crippen molar-refractivity contribution in [1.29, 1.82) is 0 Å². The molecule has 1 aliphatic carbocycles. The van der Waals surface area contributed by atoms with Gasteiger partial charge in [0.15, 0.2) is 5.90 Å². The lowest BCUT2D eigenvalue weighted by Gasteiger charge is -2.27. The quantitative estimate of drug-likeness (QED) is 0.300. The summed E-state index contributed by atoms with van der Waals surface area (Å²) in [7, 11) is 0. The van der Waals surface area contributed by atoms with Crippen molar-refractivity contribution in [2.75, 3.05) is 13.2 Å². The molecule has 0 spiro atoms. The van der Waals surface area contributed by atoms with Gasteiger partial charge in [0.2, 0.25) is 5.90 Å². The van der Waals surface area contributed by atoms with Crippen LogP contribution in [0.5, 0.6) is 5.75 Å². The normalized spacial score (nSPS) is 22.4. The van der Waals surface area contributed by atoms with Crippen molar-refractivity contribution >= 4 is 34.2 Å². The summed E-state index contributed by atoms with van der Waals surface area (Å²) in [6.45, 7) is 0.802. The van der Waals surface area contributed by atoms with E-state index in [1.807, 2.05) is 121 Å². The van der Waals surface area contributed by atoms with Gasteiger partial charge < -0.3 is 19.7 Å². The second-order valence-corrected chi connectivity index (χ2v) is 11.4. The maximum Gasteiger partial charge on any atom is 0.220 e. The van der Waals surface area contributed by atoms with Crippen molar-refractivity contribution in [1.82, 2.24) is 0 Å². The molecule has 6 heteroatoms. The van der Waals surface area contributed by atoms with Gasteiger partial charge in [-0.3, -0.25) is 0 Å². The monoisotopic (exact) mass is 578 g/mol. The van der Waals surface area contributed by atoms with Crippen LogP contribution in [0.25, 0.3) is 22.4 Å². The fraction of sp³-hybridized carbons (Fsp3) is 0.158. The lowest BCUT2D eigenvalue weighted by molar-refractivity contribution is 0.199. The summed E-state index contributed by atoms with van der Waals surface area (Å²) in [5.41, 5.74) is 3.80. The molecule has 0 bridgehead atoms. The molecule has 2 heterocycles. The Morgan fingerprint density at radius 1 is 0.682 bits per heavy atom. The fourth-order valence-electron chi connectivity index (χ4n) is 6.56. The van der Waals surface area contributed by atoms with E-state index in [0.29, 0.717) is 41.7 Å². The number of aliphatic hydroxyl groups is 1. The lowest BCUT2D eigenvalue weighted by Crippen LogP contribution is -2.42. The van der Waals surface area contributed by atoms with E-state index in [0.717, 1.165) is 32.3 Å². The zero-order valence-electron chi connectivity index (χ0n) is 23.9. The standard InChI is InChI=1S/C38H30N2O4/c41-35-29(37-39-31(21-43-37)23-11-3-1-4-12-23)19-25-15-7-9-17-27(25)33(35)34-28-18-10-8-16-26(28)20-30(36(34)42)38-40-32(22-44-38)24-13-5-2-6-14-24/h1-20,29,31-32,35,41-42H,21-22H2/t29?,31-,32-,35?/m1/s1. The molecule has 216 valence electrons. The molecule has 2 aliphatic heterocycles. The third kappa shape index (κ3) is 4.46. The molecule has 6 nitrogen and oxygen atoms in total. The van der Waals surface area contributed by atoms with Crippen LogP contribution >= 0.6 is 0 Å². The third-order valence-electron chi connectivity index (χ3n) is 8.74. The highest BCUT2D eigenvalue weighted by Crippen LogP contribution is 2.41. The largest absolute Gasteiger partial charge is 0.506 e. The van der Waals surface area contributed by atoms with Gasteiger partial charge in [0.1, 0.15) is 31.0 Å². The molecule has 3 aliphatic rings. The van der Waals surface area contributed by atoms with Gasteiger partial charge >= 0.3 is 0 Å². The Morgan fingerprint density at radius 3 is 2.09 bits per heavy atom. The molecule has 4 atom stereocenters. The molecular formula is C38H30N2O4. The van der Waals surface area contributed by atoms with Gasteiger partial charge in [0.05, 0.1) is 17.6 Å². The fourth-order valence-corrected chi connectivity index (χ4v) is 6.56. The highest BCUT2D eigenvalue weighted by Gasteiger charge is 2.37. The van der Waals surface area contributed by atoms with Crippen LogP contribution in [0.15, 0.2) is 125 Å². The Hall–Kier alpha value is -5.20. The summed E-state index contributed by atoms with van der Waals surface area (Å²) >= 11 is 0. The van der Waals surface area contributed by atoms with E-state index in [1.165, 1.54) is 0 Å². The van der Waals surface area contributed by atoms with E-state index in [9.17, 15) is 10.2 Å². The predicted molar refractivity (Wildman–Crippen MR) is 172 cm³/mol. The Kier molecular flexibility index (Phi) is 6.50. The number of aromatic hydroxyl groups is 1. The van der Waals surface area contributed by atoms with Gasteiger partial charge in [-0.15, -0.1) is 0 Å². The summed E-state index contributed by atoms with van der Waals surface area (Å²) in [5.74, 6) is 0.377. The van der Waals surface area contributed by atoms with Gasteiger partial charge in [-0.2, -0.15) is 0 Å². The van der Waals surface area contributed by atoms with Gasteiger partial charge in [0, 0.05) is 11.1 Å². The molecule has 0 radical (unpaired) electrons. The van der Waals surface area contributed by atoms with E-state index < -0.39 is 12.0 Å². The number of fused-ring (bicyclic) bond motifs is 2. The molecule has 0 saturated heterocycles. The number of phenolic OH excluding ortho intramolecular Hbond substituents is 1. The highest BCUT2D eigenvalue weighted by atomic mass is 16.5. The number of aliphatic hydroxyl groups excluding tert-OH is 1. The van der Waals surface area contributed by atoms with Gasteiger partial charge in [-0.1, -0.05) is 115 Å². The Balaban J connectivity index is 1.29. The van der Waals surface area contributed by atoms with Crippen molar-refractivity contribution in [3.05, 3.63) is 148 Å². The molecule has 8 rings (SSSR count). The smallest absolute Gasteiger partial charge is 0.220 e. The maximum atomic E-state index is 12.2. The first kappa shape index (κ1) is 26.4. The van der Waals surface area contributed by atoms with Crippen LogP contribution in [0, 0.1) is 5.92 Å². The Labute approximate surface area is 254 Å². The molecular weight excluding hydrogens is 548 g/mol. The van der Waals surface area contributed by atoms with Crippen LogP contribution in [0.3, 0.4) is 0 Å². The number of ether oxygens (including phenoxy) is 2.